The smallest absolute Gasteiger partial charge is 0.338 e. The maximum atomic E-state index is 11.5. The Morgan fingerprint density at radius 1 is 1.20 bits per heavy atom. The highest BCUT2D eigenvalue weighted by Gasteiger charge is 2.21. The maximum Gasteiger partial charge on any atom is 0.338 e. The standard InChI is InChI=1S/C13H14N4O2S/c1-3-8-9(4-2)16-17-11(10(8)12(18)19)20-13-14-6-5-7-15-13/h5-7H,3-4H2,1-2H3,(H,18,19). The van der Waals surface area contributed by atoms with Crippen LogP contribution in [0.4, 0.5) is 0 Å². The predicted molar refractivity (Wildman–Crippen MR) is 73.9 cm³/mol. The molecule has 1 N–H and O–H groups in total. The van der Waals surface area contributed by atoms with E-state index in [1.807, 2.05) is 13.8 Å². The van der Waals surface area contributed by atoms with Crippen LogP contribution >= 0.6 is 11.8 Å². The largest absolute Gasteiger partial charge is 0.478 e. The topological polar surface area (TPSA) is 88.9 Å². The Labute approximate surface area is 120 Å². The van der Waals surface area contributed by atoms with Crippen LogP contribution < -0.4 is 0 Å². The number of nitrogens with zero attached hydrogens (tertiary/aromatic N) is 4. The Kier molecular flexibility index (Phi) is 4.62. The van der Waals surface area contributed by atoms with Crippen LogP contribution in [0.2, 0.25) is 0 Å². The number of carboxylic acid groups (broad SMARTS) is 1. The van der Waals surface area contributed by atoms with Crippen LogP contribution in [0.3, 0.4) is 0 Å². The number of carboxylic acids is 1. The van der Waals surface area contributed by atoms with Gasteiger partial charge in [-0.05, 0) is 36.2 Å². The van der Waals surface area contributed by atoms with Gasteiger partial charge in [0, 0.05) is 12.4 Å². The third kappa shape index (κ3) is 2.93. The summed E-state index contributed by atoms with van der Waals surface area (Å²) in [6, 6.07) is 1.70. The Hall–Kier alpha value is -2.02. The van der Waals surface area contributed by atoms with Crippen molar-refractivity contribution in [3.8, 4) is 0 Å². The number of aromatic carboxylic acids is 1. The molecule has 0 radical (unpaired) electrons. The molecule has 0 aliphatic heterocycles. The molecule has 2 aromatic heterocycles. The second-order valence-electron chi connectivity index (χ2n) is 3.95. The third-order valence-corrected chi connectivity index (χ3v) is 3.63. The van der Waals surface area contributed by atoms with Gasteiger partial charge in [0.05, 0.1) is 11.3 Å². The lowest BCUT2D eigenvalue weighted by Crippen LogP contribution is -2.11. The van der Waals surface area contributed by atoms with Crippen molar-refractivity contribution in [2.75, 3.05) is 0 Å². The number of aryl methyl sites for hydroxylation is 1. The first-order chi connectivity index (χ1) is 9.67. The summed E-state index contributed by atoms with van der Waals surface area (Å²) in [6.45, 7) is 3.85. The SMILES string of the molecule is CCc1nnc(Sc2ncccn2)c(C(=O)O)c1CC. The van der Waals surface area contributed by atoms with Crippen LogP contribution in [0.15, 0.2) is 28.6 Å². The van der Waals surface area contributed by atoms with E-state index >= 15 is 0 Å². The van der Waals surface area contributed by atoms with E-state index in [4.69, 9.17) is 0 Å². The van der Waals surface area contributed by atoms with Gasteiger partial charge in [0.25, 0.3) is 0 Å². The van der Waals surface area contributed by atoms with E-state index in [9.17, 15) is 9.90 Å². The Morgan fingerprint density at radius 3 is 2.45 bits per heavy atom. The second kappa shape index (κ2) is 6.42. The zero-order valence-electron chi connectivity index (χ0n) is 11.2. The predicted octanol–water partition coefficient (Wildman–Crippen LogP) is 2.24. The molecule has 0 spiro atoms. The number of carbonyl (C=O) groups is 1. The lowest BCUT2D eigenvalue weighted by molar-refractivity contribution is 0.0690. The van der Waals surface area contributed by atoms with Gasteiger partial charge in [-0.1, -0.05) is 13.8 Å². The van der Waals surface area contributed by atoms with Gasteiger partial charge in [0.15, 0.2) is 5.16 Å². The van der Waals surface area contributed by atoms with Gasteiger partial charge in [-0.15, -0.1) is 5.10 Å². The van der Waals surface area contributed by atoms with Gasteiger partial charge in [-0.25, -0.2) is 14.8 Å². The summed E-state index contributed by atoms with van der Waals surface area (Å²) >= 11 is 1.11. The van der Waals surface area contributed by atoms with Crippen molar-refractivity contribution in [2.24, 2.45) is 0 Å². The van der Waals surface area contributed by atoms with Gasteiger partial charge in [0.2, 0.25) is 0 Å². The molecule has 2 rings (SSSR count). The summed E-state index contributed by atoms with van der Waals surface area (Å²) in [5.74, 6) is -0.995. The van der Waals surface area contributed by atoms with Crippen LogP contribution in [0.1, 0.15) is 35.5 Å². The molecule has 7 heteroatoms. The fourth-order valence-electron chi connectivity index (χ4n) is 1.87. The van der Waals surface area contributed by atoms with Crippen molar-refractivity contribution >= 4 is 17.7 Å². The monoisotopic (exact) mass is 290 g/mol. The lowest BCUT2D eigenvalue weighted by Gasteiger charge is -2.11. The molecular weight excluding hydrogens is 276 g/mol. The first-order valence-corrected chi connectivity index (χ1v) is 7.05. The molecule has 6 nitrogen and oxygen atoms in total. The number of hydrogen-bond acceptors (Lipinski definition) is 6. The summed E-state index contributed by atoms with van der Waals surface area (Å²) in [7, 11) is 0. The quantitative estimate of drug-likeness (QED) is 0.844. The maximum absolute atomic E-state index is 11.5. The first kappa shape index (κ1) is 14.4. The van der Waals surface area contributed by atoms with Crippen LogP contribution in [-0.2, 0) is 12.8 Å². The summed E-state index contributed by atoms with van der Waals surface area (Å²) in [4.78, 5) is 19.7. The minimum atomic E-state index is -0.995. The third-order valence-electron chi connectivity index (χ3n) is 2.76. The molecule has 0 fully saturated rings. The first-order valence-electron chi connectivity index (χ1n) is 6.23. The lowest BCUT2D eigenvalue weighted by atomic mass is 10.0. The molecule has 104 valence electrons. The summed E-state index contributed by atoms with van der Waals surface area (Å²) < 4.78 is 0. The normalized spacial score (nSPS) is 10.5. The van der Waals surface area contributed by atoms with Crippen molar-refractivity contribution in [1.82, 2.24) is 20.2 Å². The minimum Gasteiger partial charge on any atom is -0.478 e. The van der Waals surface area contributed by atoms with Gasteiger partial charge < -0.3 is 5.11 Å². The summed E-state index contributed by atoms with van der Waals surface area (Å²) in [6.07, 6.45) is 4.46. The molecule has 0 aromatic carbocycles. The molecular formula is C13H14N4O2S. The van der Waals surface area contributed by atoms with Crippen molar-refractivity contribution < 1.29 is 9.90 Å². The molecule has 0 aliphatic carbocycles. The van der Waals surface area contributed by atoms with E-state index in [1.165, 1.54) is 0 Å². The highest BCUT2D eigenvalue weighted by atomic mass is 32.2. The average Bonchev–Trinajstić information content (AvgIpc) is 2.47. The highest BCUT2D eigenvalue weighted by molar-refractivity contribution is 7.99. The molecule has 2 aromatic rings. The molecule has 0 aliphatic rings. The minimum absolute atomic E-state index is 0.205. The van der Waals surface area contributed by atoms with Crippen LogP contribution in [0.25, 0.3) is 0 Å². The fourth-order valence-corrected chi connectivity index (χ4v) is 2.67. The Bertz CT molecular complexity index is 619. The Balaban J connectivity index is 2.50. The molecule has 20 heavy (non-hydrogen) atoms. The van der Waals surface area contributed by atoms with Gasteiger partial charge in [-0.2, -0.15) is 5.10 Å². The van der Waals surface area contributed by atoms with E-state index in [1.54, 1.807) is 18.5 Å². The van der Waals surface area contributed by atoms with E-state index in [-0.39, 0.29) is 5.56 Å². The van der Waals surface area contributed by atoms with Crippen LogP contribution in [-0.4, -0.2) is 31.2 Å². The number of rotatable bonds is 5. The average molecular weight is 290 g/mol. The molecule has 2 heterocycles. The highest BCUT2D eigenvalue weighted by Crippen LogP contribution is 2.28. The second-order valence-corrected chi connectivity index (χ2v) is 4.91. The molecule has 0 unspecified atom stereocenters. The van der Waals surface area contributed by atoms with Gasteiger partial charge in [-0.3, -0.25) is 0 Å². The van der Waals surface area contributed by atoms with Crippen LogP contribution in [0.5, 0.6) is 0 Å². The zero-order chi connectivity index (χ0) is 14.5. The van der Waals surface area contributed by atoms with Gasteiger partial charge in [0.1, 0.15) is 5.03 Å². The molecule has 0 amide bonds. The van der Waals surface area contributed by atoms with Crippen molar-refractivity contribution in [1.29, 1.82) is 0 Å². The fraction of sp³-hybridized carbons (Fsp3) is 0.308. The van der Waals surface area contributed by atoms with Crippen LogP contribution in [0, 0.1) is 0 Å². The number of hydrogen-bond donors (Lipinski definition) is 1. The summed E-state index contributed by atoms with van der Waals surface area (Å²) in [5, 5.41) is 18.4. The molecule has 0 saturated carbocycles. The van der Waals surface area contributed by atoms with E-state index in [0.717, 1.165) is 23.0 Å². The van der Waals surface area contributed by atoms with Crippen molar-refractivity contribution in [3.63, 3.8) is 0 Å². The number of aromatic nitrogens is 4. The Morgan fingerprint density at radius 2 is 1.90 bits per heavy atom. The van der Waals surface area contributed by atoms with Gasteiger partial charge >= 0.3 is 5.97 Å². The molecule has 0 atom stereocenters. The summed E-state index contributed by atoms with van der Waals surface area (Å²) in [5.41, 5.74) is 1.66. The van der Waals surface area contributed by atoms with Crippen molar-refractivity contribution in [2.45, 2.75) is 36.9 Å². The van der Waals surface area contributed by atoms with E-state index in [2.05, 4.69) is 20.2 Å². The van der Waals surface area contributed by atoms with E-state index < -0.39 is 5.97 Å². The molecule has 0 bridgehead atoms. The van der Waals surface area contributed by atoms with Crippen molar-refractivity contribution in [3.05, 3.63) is 35.3 Å². The van der Waals surface area contributed by atoms with E-state index in [0.29, 0.717) is 23.0 Å². The molecule has 0 saturated heterocycles. The zero-order valence-corrected chi connectivity index (χ0v) is 12.0.